The molecule has 1 saturated heterocycles. The van der Waals surface area contributed by atoms with E-state index in [2.05, 4.69) is 20.6 Å². The lowest BCUT2D eigenvalue weighted by Gasteiger charge is -2.49. The van der Waals surface area contributed by atoms with Gasteiger partial charge in [0.25, 0.3) is 5.91 Å². The Morgan fingerprint density at radius 2 is 2.21 bits per heavy atom. The van der Waals surface area contributed by atoms with Crippen LogP contribution >= 0.6 is 34.9 Å². The highest BCUT2D eigenvalue weighted by Crippen LogP contribution is 2.41. The van der Waals surface area contributed by atoms with Crippen LogP contribution in [-0.2, 0) is 20.9 Å². The molecule has 0 spiro atoms. The van der Waals surface area contributed by atoms with Crippen molar-refractivity contribution in [2.75, 3.05) is 11.5 Å². The number of rotatable bonds is 9. The maximum absolute atomic E-state index is 12.8. The van der Waals surface area contributed by atoms with Crippen molar-refractivity contribution in [1.29, 1.82) is 0 Å². The molecule has 0 aliphatic carbocycles. The summed E-state index contributed by atoms with van der Waals surface area (Å²) >= 11 is 4.17. The van der Waals surface area contributed by atoms with Crippen LogP contribution < -0.4 is 5.32 Å². The van der Waals surface area contributed by atoms with Gasteiger partial charge in [0.15, 0.2) is 4.34 Å². The van der Waals surface area contributed by atoms with Crippen LogP contribution in [0.5, 0.6) is 0 Å². The van der Waals surface area contributed by atoms with Crippen molar-refractivity contribution in [3.8, 4) is 0 Å². The molecule has 3 atom stereocenters. The SMILES string of the molecule is Cc1nnc(SCC2=C(C(=O)O)N3C(=O)[C@@H](NC(=O)[C@@H](C)Cn4cc([N+](=O)[O-])cn4)[C@H]3SC2)s1. The number of nitro groups is 1. The van der Waals surface area contributed by atoms with Crippen molar-refractivity contribution in [1.82, 2.24) is 30.2 Å². The predicted octanol–water partition coefficient (Wildman–Crippen LogP) is 1.12. The van der Waals surface area contributed by atoms with E-state index in [1.54, 1.807) is 6.92 Å². The number of carboxylic acid groups (broad SMARTS) is 1. The molecule has 2 aliphatic heterocycles. The second-order valence-electron chi connectivity index (χ2n) is 7.61. The van der Waals surface area contributed by atoms with E-state index in [1.165, 1.54) is 50.6 Å². The largest absolute Gasteiger partial charge is 0.477 e. The fourth-order valence-corrected chi connectivity index (χ4v) is 6.79. The summed E-state index contributed by atoms with van der Waals surface area (Å²) in [6, 6.07) is -0.846. The highest BCUT2D eigenvalue weighted by atomic mass is 32.2. The van der Waals surface area contributed by atoms with Gasteiger partial charge in [0.2, 0.25) is 5.91 Å². The molecular weight excluding hydrogens is 506 g/mol. The maximum Gasteiger partial charge on any atom is 0.352 e. The average molecular weight is 526 g/mol. The molecule has 2 N–H and O–H groups in total. The van der Waals surface area contributed by atoms with Gasteiger partial charge in [-0.25, -0.2) is 4.79 Å². The number of aliphatic carboxylic acids is 1. The summed E-state index contributed by atoms with van der Waals surface area (Å²) in [5, 5.41) is 35.4. The van der Waals surface area contributed by atoms with E-state index in [9.17, 15) is 29.6 Å². The molecule has 4 rings (SSSR count). The minimum Gasteiger partial charge on any atom is -0.477 e. The number of nitrogens with one attached hydrogen (secondary N) is 1. The molecule has 0 unspecified atom stereocenters. The third-order valence-electron chi connectivity index (χ3n) is 5.16. The molecule has 2 aliphatic rings. The molecule has 4 heterocycles. The number of aromatic nitrogens is 4. The van der Waals surface area contributed by atoms with Crippen LogP contribution in [0.25, 0.3) is 0 Å². The fourth-order valence-electron chi connectivity index (χ4n) is 3.49. The summed E-state index contributed by atoms with van der Waals surface area (Å²) in [5.74, 6) is -1.96. The van der Waals surface area contributed by atoms with E-state index in [0.717, 1.165) is 15.5 Å². The topological polar surface area (TPSA) is 173 Å². The molecule has 1 fully saturated rings. The third kappa shape index (κ3) is 4.78. The summed E-state index contributed by atoms with van der Waals surface area (Å²) in [5.41, 5.74) is 0.377. The Bertz CT molecular complexity index is 1190. The van der Waals surface area contributed by atoms with Crippen molar-refractivity contribution in [3.63, 3.8) is 0 Å². The van der Waals surface area contributed by atoms with Crippen molar-refractivity contribution < 1.29 is 24.4 Å². The summed E-state index contributed by atoms with van der Waals surface area (Å²) in [6.45, 7) is 3.54. The lowest BCUT2D eigenvalue weighted by molar-refractivity contribution is -0.385. The summed E-state index contributed by atoms with van der Waals surface area (Å²) < 4.78 is 2.01. The monoisotopic (exact) mass is 525 g/mol. The van der Waals surface area contributed by atoms with Crippen molar-refractivity contribution in [2.45, 2.75) is 36.1 Å². The van der Waals surface area contributed by atoms with Crippen molar-refractivity contribution in [3.05, 3.63) is 38.8 Å². The number of fused-ring (bicyclic) bond motifs is 1. The van der Waals surface area contributed by atoms with Crippen LogP contribution in [0.1, 0.15) is 11.9 Å². The van der Waals surface area contributed by atoms with Gasteiger partial charge in [0, 0.05) is 11.5 Å². The van der Waals surface area contributed by atoms with E-state index >= 15 is 0 Å². The van der Waals surface area contributed by atoms with E-state index in [4.69, 9.17) is 0 Å². The molecule has 13 nitrogen and oxygen atoms in total. The number of hydrogen-bond acceptors (Lipinski definition) is 11. The van der Waals surface area contributed by atoms with Gasteiger partial charge in [0.1, 0.15) is 34.5 Å². The molecule has 2 aromatic heterocycles. The molecule has 0 radical (unpaired) electrons. The van der Waals surface area contributed by atoms with Gasteiger partial charge in [-0.15, -0.1) is 22.0 Å². The standard InChI is InChI=1S/C18H19N7O6S3/c1-8(4-23-5-11(3-19-23)25(30)31)14(26)20-12-15(27)24-13(17(28)29)10(6-32-16(12)24)7-33-18-22-21-9(2)34-18/h3,5,8,12,16H,4,6-7H2,1-2H3,(H,20,26)(H,28,29)/t8-,12+,16+/m0/s1. The summed E-state index contributed by atoms with van der Waals surface area (Å²) in [6.07, 6.45) is 2.32. The van der Waals surface area contributed by atoms with Crippen LogP contribution in [0.3, 0.4) is 0 Å². The highest BCUT2D eigenvalue weighted by Gasteiger charge is 2.54. The third-order valence-corrected chi connectivity index (χ3v) is 8.56. The zero-order valence-electron chi connectivity index (χ0n) is 17.9. The molecule has 2 aromatic rings. The number of carboxylic acids is 1. The van der Waals surface area contributed by atoms with Crippen molar-refractivity contribution in [2.24, 2.45) is 5.92 Å². The maximum atomic E-state index is 12.8. The molecule has 180 valence electrons. The quantitative estimate of drug-likeness (QED) is 0.208. The number of thioether (sulfide) groups is 2. The predicted molar refractivity (Wildman–Crippen MR) is 123 cm³/mol. The number of aryl methyl sites for hydroxylation is 1. The minimum absolute atomic E-state index is 0.0510. The lowest BCUT2D eigenvalue weighted by atomic mass is 10.0. The Hall–Kier alpha value is -2.98. The molecule has 0 bridgehead atoms. The molecule has 16 heteroatoms. The molecule has 34 heavy (non-hydrogen) atoms. The van der Waals surface area contributed by atoms with Gasteiger partial charge in [-0.05, 0) is 12.5 Å². The molecule has 0 aromatic carbocycles. The zero-order valence-corrected chi connectivity index (χ0v) is 20.4. The van der Waals surface area contributed by atoms with Crippen LogP contribution in [0.2, 0.25) is 0 Å². The number of amides is 2. The second-order valence-corrected chi connectivity index (χ2v) is 11.1. The Kier molecular flexibility index (Phi) is 6.90. The number of nitrogens with zero attached hydrogens (tertiary/aromatic N) is 6. The van der Waals surface area contributed by atoms with E-state index in [-0.39, 0.29) is 17.9 Å². The van der Waals surface area contributed by atoms with Gasteiger partial charge >= 0.3 is 11.7 Å². The summed E-state index contributed by atoms with van der Waals surface area (Å²) in [4.78, 5) is 48.8. The van der Waals surface area contributed by atoms with Gasteiger partial charge in [-0.3, -0.25) is 29.3 Å². The lowest BCUT2D eigenvalue weighted by Crippen LogP contribution is -2.71. The Labute approximate surface area is 205 Å². The summed E-state index contributed by atoms with van der Waals surface area (Å²) in [7, 11) is 0. The van der Waals surface area contributed by atoms with E-state index < -0.39 is 40.0 Å². The van der Waals surface area contributed by atoms with Gasteiger partial charge in [-0.1, -0.05) is 30.0 Å². The first-order valence-corrected chi connectivity index (χ1v) is 12.8. The number of β-lactam (4-membered cyclic amide) rings is 1. The first kappa shape index (κ1) is 24.2. The molecule has 0 saturated carbocycles. The van der Waals surface area contributed by atoms with Crippen molar-refractivity contribution >= 4 is 58.3 Å². The molecular formula is C18H19N7O6S3. The first-order valence-electron chi connectivity index (χ1n) is 9.95. The smallest absolute Gasteiger partial charge is 0.352 e. The molecule has 2 amide bonds. The number of carbonyl (C=O) groups excluding carboxylic acids is 2. The van der Waals surface area contributed by atoms with Gasteiger partial charge < -0.3 is 10.4 Å². The number of hydrogen-bond donors (Lipinski definition) is 2. The number of carbonyl (C=O) groups is 3. The Balaban J connectivity index is 1.39. The average Bonchev–Trinajstić information content (AvgIpc) is 3.43. The first-order chi connectivity index (χ1) is 16.2. The van der Waals surface area contributed by atoms with Gasteiger partial charge in [0.05, 0.1) is 17.4 Å². The van der Waals surface area contributed by atoms with Crippen LogP contribution in [0.15, 0.2) is 28.0 Å². The Morgan fingerprint density at radius 1 is 1.44 bits per heavy atom. The van der Waals surface area contributed by atoms with Crippen LogP contribution in [0.4, 0.5) is 5.69 Å². The normalized spacial score (nSPS) is 20.5. The van der Waals surface area contributed by atoms with Crippen LogP contribution in [0, 0.1) is 23.0 Å². The van der Waals surface area contributed by atoms with Crippen LogP contribution in [-0.4, -0.2) is 75.6 Å². The van der Waals surface area contributed by atoms with Gasteiger partial charge in [-0.2, -0.15) is 5.10 Å². The minimum atomic E-state index is -1.19. The van der Waals surface area contributed by atoms with E-state index in [1.807, 2.05) is 6.92 Å². The van der Waals surface area contributed by atoms with E-state index in [0.29, 0.717) is 17.1 Å². The fraction of sp³-hybridized carbons (Fsp3) is 0.444. The Morgan fingerprint density at radius 3 is 2.82 bits per heavy atom. The highest BCUT2D eigenvalue weighted by molar-refractivity contribution is 8.01. The second kappa shape index (κ2) is 9.71. The zero-order chi connectivity index (χ0) is 24.6.